The summed E-state index contributed by atoms with van der Waals surface area (Å²) >= 11 is 11.3. The highest BCUT2D eigenvalue weighted by molar-refractivity contribution is 8.10. The molecule has 2 atom stereocenters. The second-order valence-corrected chi connectivity index (χ2v) is 4.52. The van der Waals surface area contributed by atoms with Crippen molar-refractivity contribution in [2.75, 3.05) is 11.6 Å². The topological polar surface area (TPSA) is 20.2 Å². The van der Waals surface area contributed by atoms with Crippen LogP contribution in [-0.4, -0.2) is 27.4 Å². The summed E-state index contributed by atoms with van der Waals surface area (Å²) in [6.45, 7) is 2.07. The van der Waals surface area contributed by atoms with E-state index in [1.165, 1.54) is 0 Å². The van der Waals surface area contributed by atoms with Crippen LogP contribution in [-0.2, 0) is 0 Å². The van der Waals surface area contributed by atoms with E-state index in [0.29, 0.717) is 16.2 Å². The molecule has 0 saturated carbocycles. The van der Waals surface area contributed by atoms with E-state index in [1.54, 1.807) is 11.8 Å². The van der Waals surface area contributed by atoms with Gasteiger partial charge < -0.3 is 5.11 Å². The van der Waals surface area contributed by atoms with Crippen LogP contribution >= 0.6 is 36.0 Å². The summed E-state index contributed by atoms with van der Waals surface area (Å²) < 4.78 is 0.331. The molecule has 0 amide bonds. The minimum atomic E-state index is -0.382. The predicted molar refractivity (Wildman–Crippen MR) is 52.2 cm³/mol. The Labute approximate surface area is 76.9 Å². The average molecular weight is 201 g/mol. The van der Waals surface area contributed by atoms with Crippen molar-refractivity contribution in [1.82, 2.24) is 0 Å². The van der Waals surface area contributed by atoms with Gasteiger partial charge in [-0.1, -0.05) is 6.92 Å². The highest BCUT2D eigenvalue weighted by Gasteiger charge is 2.05. The van der Waals surface area contributed by atoms with Crippen LogP contribution in [0.5, 0.6) is 0 Å². The molecule has 0 saturated heterocycles. The van der Waals surface area contributed by atoms with Gasteiger partial charge in [0.25, 0.3) is 0 Å². The van der Waals surface area contributed by atoms with Crippen LogP contribution in [0.3, 0.4) is 0 Å². The molecule has 0 aliphatic carbocycles. The third-order valence-corrected chi connectivity index (χ3v) is 3.47. The molecule has 0 bridgehead atoms. The number of rotatable bonds is 5. The van der Waals surface area contributed by atoms with E-state index < -0.39 is 0 Å². The highest BCUT2D eigenvalue weighted by Crippen LogP contribution is 2.18. The quantitative estimate of drug-likeness (QED) is 0.402. The second-order valence-electron chi connectivity index (χ2n) is 2.00. The molecule has 0 aliphatic heterocycles. The Bertz CT molecular complexity index is 72.1. The lowest BCUT2D eigenvalue weighted by Crippen LogP contribution is -2.12. The fraction of sp³-hybridized carbons (Fsp3) is 1.00. The zero-order valence-electron chi connectivity index (χ0n) is 5.96. The first-order valence-corrected chi connectivity index (χ1v) is 5.34. The van der Waals surface area contributed by atoms with E-state index in [1.807, 2.05) is 0 Å². The molecular weight excluding hydrogens is 188 g/mol. The van der Waals surface area contributed by atoms with Crippen molar-refractivity contribution in [3.8, 4) is 0 Å². The first-order chi connectivity index (χ1) is 4.70. The normalized spacial score (nSPS) is 16.8. The van der Waals surface area contributed by atoms with Gasteiger partial charge in [-0.25, -0.2) is 0 Å². The third kappa shape index (κ3) is 5.71. The summed E-state index contributed by atoms with van der Waals surface area (Å²) in [6.07, 6.45) is 0.635. The number of hydrogen-bond donors (Lipinski definition) is 2. The third-order valence-electron chi connectivity index (χ3n) is 1.01. The van der Waals surface area contributed by atoms with E-state index in [-0.39, 0.29) is 6.10 Å². The standard InChI is InChI=1S/C6H13ClOS2/c1-2-6(9)10-4-5(8)3-7/h5-6,8-9H,2-4H2,1H3. The molecule has 0 aromatic heterocycles. The fourth-order valence-corrected chi connectivity index (χ4v) is 1.68. The number of alkyl halides is 1. The largest absolute Gasteiger partial charge is 0.391 e. The van der Waals surface area contributed by atoms with E-state index in [0.717, 1.165) is 6.42 Å². The van der Waals surface area contributed by atoms with Gasteiger partial charge in [0.2, 0.25) is 0 Å². The summed E-state index contributed by atoms with van der Waals surface area (Å²) in [6, 6.07) is 0. The molecule has 0 aliphatic rings. The zero-order valence-corrected chi connectivity index (χ0v) is 8.42. The molecule has 0 radical (unpaired) electrons. The van der Waals surface area contributed by atoms with E-state index in [4.69, 9.17) is 16.7 Å². The van der Waals surface area contributed by atoms with Crippen molar-refractivity contribution >= 4 is 36.0 Å². The first kappa shape index (κ1) is 11.0. The lowest BCUT2D eigenvalue weighted by molar-refractivity contribution is 0.223. The monoisotopic (exact) mass is 200 g/mol. The van der Waals surface area contributed by atoms with Crippen LogP contribution in [0.25, 0.3) is 0 Å². The van der Waals surface area contributed by atoms with Gasteiger partial charge in [0.15, 0.2) is 0 Å². The molecule has 0 aromatic rings. The van der Waals surface area contributed by atoms with Crippen LogP contribution in [0.1, 0.15) is 13.3 Å². The van der Waals surface area contributed by atoms with E-state index in [2.05, 4.69) is 19.6 Å². The zero-order chi connectivity index (χ0) is 7.98. The Balaban J connectivity index is 3.17. The minimum absolute atomic E-state index is 0.317. The van der Waals surface area contributed by atoms with Crippen molar-refractivity contribution in [3.05, 3.63) is 0 Å². The van der Waals surface area contributed by atoms with E-state index in [9.17, 15) is 0 Å². The number of thiol groups is 1. The first-order valence-electron chi connectivity index (χ1n) is 3.24. The number of hydrogen-bond acceptors (Lipinski definition) is 3. The molecule has 62 valence electrons. The van der Waals surface area contributed by atoms with Gasteiger partial charge in [-0.2, -0.15) is 12.6 Å². The molecular formula is C6H13ClOS2. The van der Waals surface area contributed by atoms with E-state index >= 15 is 0 Å². The van der Waals surface area contributed by atoms with Gasteiger partial charge in [0.1, 0.15) is 0 Å². The minimum Gasteiger partial charge on any atom is -0.391 e. The Morgan fingerprint density at radius 3 is 2.70 bits per heavy atom. The predicted octanol–water partition coefficient (Wildman–Crippen LogP) is 1.99. The van der Waals surface area contributed by atoms with Crippen molar-refractivity contribution in [1.29, 1.82) is 0 Å². The molecule has 0 spiro atoms. The molecule has 0 aromatic carbocycles. The summed E-state index contributed by atoms with van der Waals surface area (Å²) in [5.74, 6) is 1.00. The number of aliphatic hydroxyl groups is 1. The molecule has 4 heteroatoms. The Morgan fingerprint density at radius 2 is 2.30 bits per heavy atom. The maximum atomic E-state index is 9.02. The molecule has 0 heterocycles. The Morgan fingerprint density at radius 1 is 1.70 bits per heavy atom. The molecule has 10 heavy (non-hydrogen) atoms. The van der Waals surface area contributed by atoms with Crippen LogP contribution < -0.4 is 0 Å². The lowest BCUT2D eigenvalue weighted by Gasteiger charge is -2.09. The van der Waals surface area contributed by atoms with Crippen LogP contribution in [0.4, 0.5) is 0 Å². The number of thioether (sulfide) groups is 1. The van der Waals surface area contributed by atoms with Crippen LogP contribution in [0.2, 0.25) is 0 Å². The molecule has 0 fully saturated rings. The molecule has 1 N–H and O–H groups in total. The van der Waals surface area contributed by atoms with Gasteiger partial charge in [0.05, 0.1) is 6.10 Å². The Hall–Kier alpha value is 0.950. The highest BCUT2D eigenvalue weighted by atomic mass is 35.5. The molecule has 2 unspecified atom stereocenters. The van der Waals surface area contributed by atoms with Crippen molar-refractivity contribution in [2.24, 2.45) is 0 Å². The van der Waals surface area contributed by atoms with Gasteiger partial charge >= 0.3 is 0 Å². The van der Waals surface area contributed by atoms with Crippen molar-refractivity contribution in [2.45, 2.75) is 24.0 Å². The number of aliphatic hydroxyl groups excluding tert-OH is 1. The second kappa shape index (κ2) is 6.65. The lowest BCUT2D eigenvalue weighted by atomic mass is 10.5. The summed E-state index contributed by atoms with van der Waals surface area (Å²) in [5, 5.41) is 9.02. The summed E-state index contributed by atoms with van der Waals surface area (Å²) in [4.78, 5) is 0. The Kier molecular flexibility index (Phi) is 7.28. The van der Waals surface area contributed by atoms with Crippen LogP contribution in [0, 0.1) is 0 Å². The van der Waals surface area contributed by atoms with Crippen molar-refractivity contribution in [3.63, 3.8) is 0 Å². The van der Waals surface area contributed by atoms with Gasteiger partial charge in [-0.15, -0.1) is 23.4 Å². The summed E-state index contributed by atoms with van der Waals surface area (Å²) in [7, 11) is 0. The molecule has 1 nitrogen and oxygen atoms in total. The van der Waals surface area contributed by atoms with Gasteiger partial charge in [-0.05, 0) is 6.42 Å². The maximum absolute atomic E-state index is 9.02. The smallest absolute Gasteiger partial charge is 0.0766 e. The van der Waals surface area contributed by atoms with Crippen molar-refractivity contribution < 1.29 is 5.11 Å². The fourth-order valence-electron chi connectivity index (χ4n) is 0.385. The van der Waals surface area contributed by atoms with Crippen LogP contribution in [0.15, 0.2) is 0 Å². The average Bonchev–Trinajstić information content (AvgIpc) is 1.99. The van der Waals surface area contributed by atoms with Gasteiger partial charge in [0, 0.05) is 16.2 Å². The maximum Gasteiger partial charge on any atom is 0.0766 e. The number of halogens is 1. The summed E-state index contributed by atoms with van der Waals surface area (Å²) in [5.41, 5.74) is 0. The SMILES string of the molecule is CCC(S)SCC(O)CCl. The van der Waals surface area contributed by atoms with Gasteiger partial charge in [-0.3, -0.25) is 0 Å². The molecule has 0 rings (SSSR count).